The number of hydrogen-bond acceptors (Lipinski definition) is 2. The minimum Gasteiger partial charge on any atom is -0.383 e. The number of imidazole rings is 1. The fraction of sp³-hybridized carbons (Fsp3) is 0.133. The van der Waals surface area contributed by atoms with Crippen LogP contribution in [0.2, 0.25) is 5.02 Å². The number of halogens is 1. The van der Waals surface area contributed by atoms with Crippen molar-refractivity contribution >= 4 is 23.1 Å². The Bertz CT molecular complexity index is 774. The second kappa shape index (κ2) is 4.28. The first kappa shape index (κ1) is 12.1. The average Bonchev–Trinajstić information content (AvgIpc) is 2.72. The van der Waals surface area contributed by atoms with Gasteiger partial charge in [-0.05, 0) is 37.6 Å². The molecule has 19 heavy (non-hydrogen) atoms. The Hall–Kier alpha value is -2.00. The maximum Gasteiger partial charge on any atom is 0.157 e. The van der Waals surface area contributed by atoms with Crippen molar-refractivity contribution in [2.75, 3.05) is 5.73 Å². The van der Waals surface area contributed by atoms with Gasteiger partial charge in [0, 0.05) is 11.8 Å². The van der Waals surface area contributed by atoms with Gasteiger partial charge in [-0.15, -0.1) is 0 Å². The summed E-state index contributed by atoms with van der Waals surface area (Å²) in [4.78, 5) is 4.59. The Labute approximate surface area is 116 Å². The van der Waals surface area contributed by atoms with E-state index in [-0.39, 0.29) is 0 Å². The molecule has 0 fully saturated rings. The van der Waals surface area contributed by atoms with Gasteiger partial charge in [0.1, 0.15) is 11.5 Å². The van der Waals surface area contributed by atoms with Gasteiger partial charge in [0.25, 0.3) is 0 Å². The first-order valence-electron chi connectivity index (χ1n) is 6.07. The normalized spacial score (nSPS) is 11.1. The van der Waals surface area contributed by atoms with Crippen LogP contribution in [-0.4, -0.2) is 9.38 Å². The van der Waals surface area contributed by atoms with Gasteiger partial charge in [-0.1, -0.05) is 29.3 Å². The van der Waals surface area contributed by atoms with Crippen LogP contribution in [0.15, 0.2) is 36.5 Å². The van der Waals surface area contributed by atoms with Crippen molar-refractivity contribution in [2.45, 2.75) is 13.8 Å². The predicted octanol–water partition coefficient (Wildman–Crippen LogP) is 3.85. The van der Waals surface area contributed by atoms with Crippen LogP contribution in [0.5, 0.6) is 0 Å². The Balaban J connectivity index is 2.34. The summed E-state index contributed by atoms with van der Waals surface area (Å²) in [5, 5.41) is 0.603. The molecule has 4 heteroatoms. The molecule has 0 aliphatic heterocycles. The molecular weight excluding hydrogens is 258 g/mol. The molecule has 0 spiro atoms. The number of anilines is 1. The zero-order chi connectivity index (χ0) is 13.6. The molecule has 0 atom stereocenters. The van der Waals surface area contributed by atoms with E-state index >= 15 is 0 Å². The number of fused-ring (bicyclic) bond motifs is 1. The fourth-order valence-corrected chi connectivity index (χ4v) is 2.45. The van der Waals surface area contributed by atoms with Crippen LogP contribution in [-0.2, 0) is 0 Å². The van der Waals surface area contributed by atoms with Gasteiger partial charge < -0.3 is 5.73 Å². The third kappa shape index (κ3) is 1.87. The van der Waals surface area contributed by atoms with E-state index in [0.717, 1.165) is 16.8 Å². The molecule has 3 aromatic rings. The number of aryl methyl sites for hydroxylation is 2. The minimum absolute atomic E-state index is 0.603. The number of nitrogen functional groups attached to an aromatic ring is 1. The fourth-order valence-electron chi connectivity index (χ4n) is 2.24. The molecule has 0 aliphatic carbocycles. The number of aromatic nitrogens is 2. The summed E-state index contributed by atoms with van der Waals surface area (Å²) in [6, 6.07) is 9.94. The second-order valence-corrected chi connectivity index (χ2v) is 5.12. The number of nitrogens with zero attached hydrogens (tertiary/aromatic N) is 2. The summed E-state index contributed by atoms with van der Waals surface area (Å²) in [7, 11) is 0. The first-order chi connectivity index (χ1) is 9.08. The zero-order valence-corrected chi connectivity index (χ0v) is 11.6. The molecule has 0 bridgehead atoms. The highest BCUT2D eigenvalue weighted by atomic mass is 35.5. The van der Waals surface area contributed by atoms with Gasteiger partial charge in [0.05, 0.1) is 5.02 Å². The van der Waals surface area contributed by atoms with E-state index in [9.17, 15) is 0 Å². The summed E-state index contributed by atoms with van der Waals surface area (Å²) in [5.41, 5.74) is 11.1. The van der Waals surface area contributed by atoms with Crippen LogP contribution in [0.3, 0.4) is 0 Å². The summed E-state index contributed by atoms with van der Waals surface area (Å²) in [6.45, 7) is 4.11. The minimum atomic E-state index is 0.603. The van der Waals surface area contributed by atoms with Gasteiger partial charge >= 0.3 is 0 Å². The molecule has 0 saturated carbocycles. The standard InChI is InChI=1S/C15H14ClN3/c1-9-5-6-10(2)11(8-9)13-14(17)19-7-3-4-12(16)15(19)18-13/h3-8H,17H2,1-2H3. The molecule has 2 aromatic heterocycles. The monoisotopic (exact) mass is 271 g/mol. The van der Waals surface area contributed by atoms with Gasteiger partial charge in [-0.2, -0.15) is 0 Å². The van der Waals surface area contributed by atoms with E-state index in [1.807, 2.05) is 22.7 Å². The maximum atomic E-state index is 6.20. The highest BCUT2D eigenvalue weighted by molar-refractivity contribution is 6.33. The highest BCUT2D eigenvalue weighted by Crippen LogP contribution is 2.31. The zero-order valence-electron chi connectivity index (χ0n) is 10.8. The summed E-state index contributed by atoms with van der Waals surface area (Å²) in [5.74, 6) is 0.617. The summed E-state index contributed by atoms with van der Waals surface area (Å²) >= 11 is 6.16. The molecule has 0 radical (unpaired) electrons. The average molecular weight is 272 g/mol. The predicted molar refractivity (Wildman–Crippen MR) is 79.5 cm³/mol. The lowest BCUT2D eigenvalue weighted by Gasteiger charge is -2.05. The molecule has 1 aromatic carbocycles. The van der Waals surface area contributed by atoms with E-state index in [0.29, 0.717) is 16.5 Å². The first-order valence-corrected chi connectivity index (χ1v) is 6.45. The maximum absolute atomic E-state index is 6.20. The smallest absolute Gasteiger partial charge is 0.157 e. The van der Waals surface area contributed by atoms with Gasteiger partial charge in [0.15, 0.2) is 5.65 Å². The summed E-state index contributed by atoms with van der Waals surface area (Å²) < 4.78 is 1.82. The Morgan fingerprint density at radius 2 is 2.00 bits per heavy atom. The Morgan fingerprint density at radius 1 is 1.21 bits per heavy atom. The van der Waals surface area contributed by atoms with Crippen molar-refractivity contribution in [3.05, 3.63) is 52.7 Å². The van der Waals surface area contributed by atoms with Crippen LogP contribution in [0.1, 0.15) is 11.1 Å². The number of benzene rings is 1. The van der Waals surface area contributed by atoms with Gasteiger partial charge in [-0.25, -0.2) is 4.98 Å². The molecule has 96 valence electrons. The summed E-state index contributed by atoms with van der Waals surface area (Å²) in [6.07, 6.45) is 1.87. The largest absolute Gasteiger partial charge is 0.383 e. The van der Waals surface area contributed by atoms with E-state index in [4.69, 9.17) is 17.3 Å². The molecule has 0 aliphatic rings. The molecular formula is C15H14ClN3. The van der Waals surface area contributed by atoms with Crippen molar-refractivity contribution in [3.63, 3.8) is 0 Å². The molecule has 3 nitrogen and oxygen atoms in total. The van der Waals surface area contributed by atoms with Crippen molar-refractivity contribution in [2.24, 2.45) is 0 Å². The van der Waals surface area contributed by atoms with E-state index in [2.05, 4.69) is 37.0 Å². The molecule has 0 amide bonds. The van der Waals surface area contributed by atoms with Crippen LogP contribution in [0.25, 0.3) is 16.9 Å². The number of hydrogen-bond donors (Lipinski definition) is 1. The van der Waals surface area contributed by atoms with Gasteiger partial charge in [-0.3, -0.25) is 4.40 Å². The van der Waals surface area contributed by atoms with Gasteiger partial charge in [0.2, 0.25) is 0 Å². The Kier molecular flexibility index (Phi) is 2.72. The van der Waals surface area contributed by atoms with Crippen LogP contribution in [0, 0.1) is 13.8 Å². The van der Waals surface area contributed by atoms with Crippen LogP contribution in [0.4, 0.5) is 5.82 Å². The van der Waals surface area contributed by atoms with Crippen LogP contribution >= 0.6 is 11.6 Å². The van der Waals surface area contributed by atoms with E-state index in [1.165, 1.54) is 5.56 Å². The van der Waals surface area contributed by atoms with Crippen molar-refractivity contribution in [3.8, 4) is 11.3 Å². The molecule has 3 rings (SSSR count). The Morgan fingerprint density at radius 3 is 2.74 bits per heavy atom. The molecule has 0 saturated heterocycles. The lowest BCUT2D eigenvalue weighted by molar-refractivity contribution is 1.20. The molecule has 2 N–H and O–H groups in total. The van der Waals surface area contributed by atoms with Crippen molar-refractivity contribution < 1.29 is 0 Å². The second-order valence-electron chi connectivity index (χ2n) is 4.71. The number of rotatable bonds is 1. The lowest BCUT2D eigenvalue weighted by atomic mass is 10.0. The van der Waals surface area contributed by atoms with E-state index < -0.39 is 0 Å². The van der Waals surface area contributed by atoms with E-state index in [1.54, 1.807) is 0 Å². The molecule has 2 heterocycles. The van der Waals surface area contributed by atoms with Crippen molar-refractivity contribution in [1.82, 2.24) is 9.38 Å². The van der Waals surface area contributed by atoms with Crippen molar-refractivity contribution in [1.29, 1.82) is 0 Å². The third-order valence-corrected chi connectivity index (χ3v) is 3.58. The number of pyridine rings is 1. The highest BCUT2D eigenvalue weighted by Gasteiger charge is 2.14. The quantitative estimate of drug-likeness (QED) is 0.730. The van der Waals surface area contributed by atoms with Crippen LogP contribution < -0.4 is 5.73 Å². The third-order valence-electron chi connectivity index (χ3n) is 3.29. The topological polar surface area (TPSA) is 43.3 Å². The lowest BCUT2D eigenvalue weighted by Crippen LogP contribution is -1.95. The SMILES string of the molecule is Cc1ccc(C)c(-c2nc3c(Cl)cccn3c2N)c1. The molecule has 0 unspecified atom stereocenters. The number of nitrogens with two attached hydrogens (primary N) is 1.